The number of hydrogen-bond acceptors (Lipinski definition) is 3. The predicted octanol–water partition coefficient (Wildman–Crippen LogP) is 3.07. The fourth-order valence-corrected chi connectivity index (χ4v) is 0.670. The van der Waals surface area contributed by atoms with E-state index in [1.165, 1.54) is 0 Å². The van der Waals surface area contributed by atoms with Gasteiger partial charge in [0.1, 0.15) is 5.60 Å². The van der Waals surface area contributed by atoms with E-state index in [4.69, 9.17) is 9.78 Å². The molecule has 0 saturated heterocycles. The summed E-state index contributed by atoms with van der Waals surface area (Å²) in [4.78, 5) is 10.7. The SMILES string of the molecule is CCC(C)(O)C#CC(C)(C)OOC(C)(C)CC. The van der Waals surface area contributed by atoms with Gasteiger partial charge < -0.3 is 5.11 Å². The van der Waals surface area contributed by atoms with Crippen LogP contribution in [0.15, 0.2) is 0 Å². The van der Waals surface area contributed by atoms with Gasteiger partial charge in [0.05, 0.1) is 5.60 Å². The lowest BCUT2D eigenvalue weighted by Crippen LogP contribution is -2.32. The van der Waals surface area contributed by atoms with Crippen molar-refractivity contribution in [2.45, 2.75) is 78.1 Å². The summed E-state index contributed by atoms with van der Waals surface area (Å²) in [6.45, 7) is 13.2. The first-order chi connectivity index (χ1) is 7.54. The highest BCUT2D eigenvalue weighted by Gasteiger charge is 2.24. The van der Waals surface area contributed by atoms with Crippen LogP contribution in [0.3, 0.4) is 0 Å². The molecule has 0 saturated carbocycles. The topological polar surface area (TPSA) is 38.7 Å². The van der Waals surface area contributed by atoms with E-state index in [9.17, 15) is 5.11 Å². The lowest BCUT2D eigenvalue weighted by Gasteiger charge is -2.27. The van der Waals surface area contributed by atoms with E-state index in [0.29, 0.717) is 6.42 Å². The Morgan fingerprint density at radius 2 is 1.41 bits per heavy atom. The first kappa shape index (κ1) is 16.4. The fourth-order valence-electron chi connectivity index (χ4n) is 0.670. The van der Waals surface area contributed by atoms with Crippen molar-refractivity contribution in [1.82, 2.24) is 0 Å². The van der Waals surface area contributed by atoms with Gasteiger partial charge in [-0.05, 0) is 47.5 Å². The van der Waals surface area contributed by atoms with Crippen LogP contribution in [0.25, 0.3) is 0 Å². The number of aliphatic hydroxyl groups is 1. The smallest absolute Gasteiger partial charge is 0.158 e. The van der Waals surface area contributed by atoms with Crippen LogP contribution >= 0.6 is 0 Å². The summed E-state index contributed by atoms with van der Waals surface area (Å²) in [7, 11) is 0. The van der Waals surface area contributed by atoms with E-state index >= 15 is 0 Å². The zero-order valence-corrected chi connectivity index (χ0v) is 12.2. The minimum atomic E-state index is -0.971. The molecule has 0 fully saturated rings. The maximum absolute atomic E-state index is 9.79. The van der Waals surface area contributed by atoms with Crippen LogP contribution < -0.4 is 0 Å². The van der Waals surface area contributed by atoms with Gasteiger partial charge in [0.25, 0.3) is 0 Å². The summed E-state index contributed by atoms with van der Waals surface area (Å²) >= 11 is 0. The van der Waals surface area contributed by atoms with Crippen molar-refractivity contribution in [3.05, 3.63) is 0 Å². The molecular weight excluding hydrogens is 216 g/mol. The fraction of sp³-hybridized carbons (Fsp3) is 0.857. The molecule has 3 nitrogen and oxygen atoms in total. The van der Waals surface area contributed by atoms with Gasteiger partial charge in [0.15, 0.2) is 5.60 Å². The standard InChI is InChI=1S/C14H26O3/c1-8-12(3,4)16-17-13(5,6)10-11-14(7,15)9-2/h15H,8-9H2,1-7H3. The van der Waals surface area contributed by atoms with Gasteiger partial charge >= 0.3 is 0 Å². The highest BCUT2D eigenvalue weighted by Crippen LogP contribution is 2.19. The van der Waals surface area contributed by atoms with Crippen molar-refractivity contribution < 1.29 is 14.9 Å². The number of rotatable bonds is 5. The van der Waals surface area contributed by atoms with Crippen LogP contribution in [-0.4, -0.2) is 21.9 Å². The summed E-state index contributed by atoms with van der Waals surface area (Å²) in [5.74, 6) is 5.70. The van der Waals surface area contributed by atoms with E-state index in [0.717, 1.165) is 6.42 Å². The average Bonchev–Trinajstić information content (AvgIpc) is 2.25. The average molecular weight is 242 g/mol. The van der Waals surface area contributed by atoms with Gasteiger partial charge in [0.2, 0.25) is 0 Å². The van der Waals surface area contributed by atoms with Gasteiger partial charge in [-0.15, -0.1) is 0 Å². The zero-order valence-electron chi connectivity index (χ0n) is 12.2. The molecule has 0 spiro atoms. The van der Waals surface area contributed by atoms with Crippen LogP contribution in [0, 0.1) is 11.8 Å². The predicted molar refractivity (Wildman–Crippen MR) is 69.3 cm³/mol. The van der Waals surface area contributed by atoms with Crippen LogP contribution in [-0.2, 0) is 9.78 Å². The molecule has 1 N–H and O–H groups in total. The van der Waals surface area contributed by atoms with E-state index in [1.807, 2.05) is 41.5 Å². The Hall–Kier alpha value is -0.560. The van der Waals surface area contributed by atoms with Crippen LogP contribution in [0.5, 0.6) is 0 Å². The van der Waals surface area contributed by atoms with Crippen LogP contribution in [0.2, 0.25) is 0 Å². The van der Waals surface area contributed by atoms with Crippen molar-refractivity contribution in [1.29, 1.82) is 0 Å². The maximum atomic E-state index is 9.79. The first-order valence-corrected chi connectivity index (χ1v) is 6.17. The van der Waals surface area contributed by atoms with Gasteiger partial charge in [-0.25, -0.2) is 9.78 Å². The Morgan fingerprint density at radius 3 is 1.82 bits per heavy atom. The molecular formula is C14H26O3. The minimum Gasteiger partial charge on any atom is -0.378 e. The molecule has 0 rings (SSSR count). The molecule has 3 heteroatoms. The Balaban J connectivity index is 4.50. The molecule has 17 heavy (non-hydrogen) atoms. The second kappa shape index (κ2) is 5.86. The number of hydrogen-bond donors (Lipinski definition) is 1. The third-order valence-electron chi connectivity index (χ3n) is 2.65. The van der Waals surface area contributed by atoms with E-state index in [1.54, 1.807) is 6.92 Å². The first-order valence-electron chi connectivity index (χ1n) is 6.17. The Kier molecular flexibility index (Phi) is 5.67. The molecule has 0 radical (unpaired) electrons. The largest absolute Gasteiger partial charge is 0.378 e. The molecule has 0 amide bonds. The van der Waals surface area contributed by atoms with Gasteiger partial charge in [0, 0.05) is 0 Å². The lowest BCUT2D eigenvalue weighted by atomic mass is 10.0. The highest BCUT2D eigenvalue weighted by molar-refractivity contribution is 5.18. The van der Waals surface area contributed by atoms with Crippen molar-refractivity contribution >= 4 is 0 Å². The molecule has 0 aliphatic heterocycles. The summed E-state index contributed by atoms with van der Waals surface area (Å²) in [5.41, 5.74) is -2.03. The molecule has 0 aromatic carbocycles. The monoisotopic (exact) mass is 242 g/mol. The summed E-state index contributed by atoms with van der Waals surface area (Å²) < 4.78 is 0. The van der Waals surface area contributed by atoms with Crippen molar-refractivity contribution in [2.24, 2.45) is 0 Å². The lowest BCUT2D eigenvalue weighted by molar-refractivity contribution is -0.388. The molecule has 1 unspecified atom stereocenters. The summed E-state index contributed by atoms with van der Waals surface area (Å²) in [6.07, 6.45) is 1.43. The molecule has 0 aliphatic carbocycles. The van der Waals surface area contributed by atoms with Gasteiger partial charge in [-0.1, -0.05) is 25.7 Å². The Bertz CT molecular complexity index is 292. The van der Waals surface area contributed by atoms with Crippen LogP contribution in [0.1, 0.15) is 61.3 Å². The Labute approximate surface area is 105 Å². The molecule has 0 bridgehead atoms. The minimum absolute atomic E-state index is 0.327. The normalized spacial score (nSPS) is 16.0. The third-order valence-corrected chi connectivity index (χ3v) is 2.65. The molecule has 0 aliphatic rings. The van der Waals surface area contributed by atoms with Gasteiger partial charge in [-0.2, -0.15) is 0 Å². The molecule has 0 aromatic rings. The molecule has 0 aromatic heterocycles. The van der Waals surface area contributed by atoms with E-state index in [2.05, 4.69) is 11.8 Å². The summed E-state index contributed by atoms with van der Waals surface area (Å²) in [5, 5.41) is 9.79. The molecule has 100 valence electrons. The van der Waals surface area contributed by atoms with E-state index < -0.39 is 11.2 Å². The Morgan fingerprint density at radius 1 is 0.882 bits per heavy atom. The van der Waals surface area contributed by atoms with Gasteiger partial charge in [-0.3, -0.25) is 0 Å². The second-order valence-corrected chi connectivity index (χ2v) is 5.67. The third kappa shape index (κ3) is 7.38. The van der Waals surface area contributed by atoms with E-state index in [-0.39, 0.29) is 5.60 Å². The van der Waals surface area contributed by atoms with Crippen molar-refractivity contribution in [3.8, 4) is 11.8 Å². The maximum Gasteiger partial charge on any atom is 0.158 e. The molecule has 1 atom stereocenters. The summed E-state index contributed by atoms with van der Waals surface area (Å²) in [6, 6.07) is 0. The van der Waals surface area contributed by atoms with Crippen LogP contribution in [0.4, 0.5) is 0 Å². The second-order valence-electron chi connectivity index (χ2n) is 5.67. The quantitative estimate of drug-likeness (QED) is 0.457. The highest BCUT2D eigenvalue weighted by atomic mass is 17.2. The molecule has 0 heterocycles. The van der Waals surface area contributed by atoms with Crippen molar-refractivity contribution in [3.63, 3.8) is 0 Å². The zero-order chi connectivity index (χ0) is 13.7. The van der Waals surface area contributed by atoms with Crippen molar-refractivity contribution in [2.75, 3.05) is 0 Å².